The number of halogens is 1. The van der Waals surface area contributed by atoms with Gasteiger partial charge in [-0.15, -0.1) is 11.3 Å². The Morgan fingerprint density at radius 2 is 1.81 bits per heavy atom. The van der Waals surface area contributed by atoms with Gasteiger partial charge < -0.3 is 11.1 Å². The second-order valence-electron chi connectivity index (χ2n) is 5.48. The fraction of sp³-hybridized carbons (Fsp3) is 0. The second kappa shape index (κ2) is 7.76. The Bertz CT molecular complexity index is 977. The number of nitrogens with one attached hydrogen (secondary N) is 1. The van der Waals surface area contributed by atoms with E-state index in [1.54, 1.807) is 36.4 Å². The zero-order valence-corrected chi connectivity index (χ0v) is 14.4. The third kappa shape index (κ3) is 4.43. The van der Waals surface area contributed by atoms with E-state index >= 15 is 0 Å². The summed E-state index contributed by atoms with van der Waals surface area (Å²) in [6.07, 6.45) is 3.11. The minimum atomic E-state index is -0.552. The van der Waals surface area contributed by atoms with Gasteiger partial charge in [0.2, 0.25) is 11.8 Å². The lowest BCUT2D eigenvalue weighted by molar-refractivity contribution is -0.111. The molecule has 4 nitrogen and oxygen atoms in total. The Labute approximate surface area is 153 Å². The van der Waals surface area contributed by atoms with Crippen LogP contribution >= 0.6 is 11.3 Å². The van der Waals surface area contributed by atoms with Gasteiger partial charge in [-0.3, -0.25) is 9.59 Å². The summed E-state index contributed by atoms with van der Waals surface area (Å²) in [5.41, 5.74) is 6.96. The number of nitrogens with two attached hydrogens (primary N) is 1. The summed E-state index contributed by atoms with van der Waals surface area (Å²) in [5, 5.41) is 2.68. The minimum absolute atomic E-state index is 0.275. The highest BCUT2D eigenvalue weighted by atomic mass is 32.1. The first-order valence-corrected chi connectivity index (χ1v) is 8.57. The number of anilines is 1. The molecule has 0 fully saturated rings. The quantitative estimate of drug-likeness (QED) is 0.661. The van der Waals surface area contributed by atoms with Gasteiger partial charge in [-0.1, -0.05) is 18.2 Å². The van der Waals surface area contributed by atoms with Crippen LogP contribution in [0.25, 0.3) is 16.5 Å². The molecule has 3 aromatic rings. The molecule has 3 N–H and O–H groups in total. The molecule has 0 aliphatic carbocycles. The van der Waals surface area contributed by atoms with Crippen molar-refractivity contribution in [2.24, 2.45) is 5.73 Å². The predicted octanol–water partition coefficient (Wildman–Crippen LogP) is 4.31. The Morgan fingerprint density at radius 1 is 1.04 bits per heavy atom. The van der Waals surface area contributed by atoms with Gasteiger partial charge in [-0.2, -0.15) is 0 Å². The van der Waals surface area contributed by atoms with Crippen LogP contribution in [0.2, 0.25) is 0 Å². The average Bonchev–Trinajstić information content (AvgIpc) is 3.10. The van der Waals surface area contributed by atoms with Gasteiger partial charge in [0.25, 0.3) is 0 Å². The lowest BCUT2D eigenvalue weighted by Gasteiger charge is -2.03. The van der Waals surface area contributed by atoms with Crippen LogP contribution in [0.1, 0.15) is 15.2 Å². The normalized spacial score (nSPS) is 10.8. The van der Waals surface area contributed by atoms with E-state index in [4.69, 9.17) is 5.73 Å². The van der Waals surface area contributed by atoms with E-state index in [0.717, 1.165) is 15.3 Å². The molecule has 6 heteroatoms. The molecule has 0 aliphatic heterocycles. The van der Waals surface area contributed by atoms with Gasteiger partial charge in [-0.05, 0) is 54.1 Å². The van der Waals surface area contributed by atoms with Gasteiger partial charge in [0, 0.05) is 27.1 Å². The van der Waals surface area contributed by atoms with Crippen molar-refractivity contribution >= 4 is 34.9 Å². The predicted molar refractivity (Wildman–Crippen MR) is 102 cm³/mol. The summed E-state index contributed by atoms with van der Waals surface area (Å²) in [7, 11) is 0. The molecule has 3 rings (SSSR count). The van der Waals surface area contributed by atoms with Crippen LogP contribution in [-0.2, 0) is 4.79 Å². The number of thiophene rings is 1. The molecular weight excluding hydrogens is 351 g/mol. The molecule has 2 amide bonds. The summed E-state index contributed by atoms with van der Waals surface area (Å²) in [6, 6.07) is 16.5. The third-order valence-corrected chi connectivity index (χ3v) is 4.67. The molecule has 0 saturated heterocycles. The molecule has 0 atom stereocenters. The van der Waals surface area contributed by atoms with E-state index in [-0.39, 0.29) is 11.7 Å². The zero-order valence-electron chi connectivity index (χ0n) is 13.6. The Balaban J connectivity index is 1.66. The van der Waals surface area contributed by atoms with Crippen molar-refractivity contribution in [3.8, 4) is 10.4 Å². The molecule has 0 saturated carbocycles. The smallest absolute Gasteiger partial charge is 0.248 e. The third-order valence-electron chi connectivity index (χ3n) is 3.57. The molecular formula is C20H15FN2O2S. The van der Waals surface area contributed by atoms with Crippen molar-refractivity contribution in [1.82, 2.24) is 0 Å². The number of carbonyl (C=O) groups is 2. The highest BCUT2D eigenvalue weighted by molar-refractivity contribution is 7.16. The second-order valence-corrected chi connectivity index (χ2v) is 6.59. The summed E-state index contributed by atoms with van der Waals surface area (Å²) < 4.78 is 13.0. The first kappa shape index (κ1) is 17.6. The SMILES string of the molecule is NC(=O)c1cccc(NC(=O)/C=C/c2ccc(-c3ccc(F)cc3)s2)c1. The molecule has 26 heavy (non-hydrogen) atoms. The molecule has 0 unspecified atom stereocenters. The molecule has 0 radical (unpaired) electrons. The van der Waals surface area contributed by atoms with Crippen LogP contribution < -0.4 is 11.1 Å². The summed E-state index contributed by atoms with van der Waals surface area (Å²) >= 11 is 1.50. The summed E-state index contributed by atoms with van der Waals surface area (Å²) in [4.78, 5) is 25.1. The Hall–Kier alpha value is -3.25. The maximum atomic E-state index is 13.0. The van der Waals surface area contributed by atoms with Gasteiger partial charge >= 0.3 is 0 Å². The number of carbonyl (C=O) groups excluding carboxylic acids is 2. The van der Waals surface area contributed by atoms with E-state index < -0.39 is 5.91 Å². The highest BCUT2D eigenvalue weighted by Gasteiger charge is 2.04. The first-order valence-electron chi connectivity index (χ1n) is 7.76. The number of hydrogen-bond donors (Lipinski definition) is 2. The Kier molecular flexibility index (Phi) is 5.24. The van der Waals surface area contributed by atoms with E-state index in [9.17, 15) is 14.0 Å². The minimum Gasteiger partial charge on any atom is -0.366 e. The van der Waals surface area contributed by atoms with Crippen LogP contribution in [-0.4, -0.2) is 11.8 Å². The topological polar surface area (TPSA) is 72.2 Å². The van der Waals surface area contributed by atoms with E-state index in [0.29, 0.717) is 11.3 Å². The standard InChI is InChI=1S/C20H15FN2O2S/c21-15-6-4-13(5-7-15)18-10-8-17(26-18)9-11-19(24)23-16-3-1-2-14(12-16)20(22)25/h1-12H,(H2,22,25)(H,23,24)/b11-9+. The number of benzene rings is 2. The summed E-state index contributed by atoms with van der Waals surface area (Å²) in [5.74, 6) is -1.14. The van der Waals surface area contributed by atoms with Gasteiger partial charge in [-0.25, -0.2) is 4.39 Å². The van der Waals surface area contributed by atoms with Gasteiger partial charge in [0.15, 0.2) is 0 Å². The number of rotatable bonds is 5. The Morgan fingerprint density at radius 3 is 2.54 bits per heavy atom. The fourth-order valence-electron chi connectivity index (χ4n) is 2.30. The fourth-order valence-corrected chi connectivity index (χ4v) is 3.22. The van der Waals surface area contributed by atoms with Crippen LogP contribution in [0, 0.1) is 5.82 Å². The highest BCUT2D eigenvalue weighted by Crippen LogP contribution is 2.28. The largest absolute Gasteiger partial charge is 0.366 e. The molecule has 2 aromatic carbocycles. The van der Waals surface area contributed by atoms with E-state index in [2.05, 4.69) is 5.32 Å². The summed E-state index contributed by atoms with van der Waals surface area (Å²) in [6.45, 7) is 0. The van der Waals surface area contributed by atoms with Crippen molar-refractivity contribution in [2.75, 3.05) is 5.32 Å². The maximum Gasteiger partial charge on any atom is 0.248 e. The lowest BCUT2D eigenvalue weighted by Crippen LogP contribution is -2.12. The average molecular weight is 366 g/mol. The van der Waals surface area contributed by atoms with Crippen molar-refractivity contribution in [3.63, 3.8) is 0 Å². The zero-order chi connectivity index (χ0) is 18.5. The van der Waals surface area contributed by atoms with Crippen LogP contribution in [0.5, 0.6) is 0 Å². The van der Waals surface area contributed by atoms with Gasteiger partial charge in [0.1, 0.15) is 5.82 Å². The van der Waals surface area contributed by atoms with E-state index in [1.165, 1.54) is 35.6 Å². The van der Waals surface area contributed by atoms with Crippen molar-refractivity contribution in [1.29, 1.82) is 0 Å². The van der Waals surface area contributed by atoms with Crippen LogP contribution in [0.4, 0.5) is 10.1 Å². The van der Waals surface area contributed by atoms with Crippen molar-refractivity contribution in [3.05, 3.63) is 83.0 Å². The number of primary amides is 1. The van der Waals surface area contributed by atoms with E-state index in [1.807, 2.05) is 12.1 Å². The molecule has 130 valence electrons. The molecule has 0 bridgehead atoms. The lowest BCUT2D eigenvalue weighted by atomic mass is 10.2. The molecule has 0 spiro atoms. The van der Waals surface area contributed by atoms with Crippen molar-refractivity contribution < 1.29 is 14.0 Å². The van der Waals surface area contributed by atoms with Crippen LogP contribution in [0.15, 0.2) is 66.7 Å². The first-order chi connectivity index (χ1) is 12.5. The number of hydrogen-bond acceptors (Lipinski definition) is 3. The monoisotopic (exact) mass is 366 g/mol. The van der Waals surface area contributed by atoms with Crippen molar-refractivity contribution in [2.45, 2.75) is 0 Å². The maximum absolute atomic E-state index is 13.0. The van der Waals surface area contributed by atoms with Crippen LogP contribution in [0.3, 0.4) is 0 Å². The van der Waals surface area contributed by atoms with Gasteiger partial charge in [0.05, 0.1) is 0 Å². The number of amides is 2. The molecule has 0 aliphatic rings. The molecule has 1 heterocycles. The molecule has 1 aromatic heterocycles.